The Kier molecular flexibility index (Phi) is 3.08. The third-order valence-electron chi connectivity index (χ3n) is 1.83. The van der Waals surface area contributed by atoms with Crippen LogP contribution in [0, 0.1) is 0 Å². The number of nitrogens with one attached hydrogen (secondary N) is 1. The molecule has 0 saturated heterocycles. The second-order valence-corrected chi connectivity index (χ2v) is 2.62. The summed E-state index contributed by atoms with van der Waals surface area (Å²) >= 11 is 0. The number of aliphatic hydroxyl groups excluding tert-OH is 1. The Morgan fingerprint density at radius 3 is 2.33 bits per heavy atom. The van der Waals surface area contributed by atoms with Crippen LogP contribution in [0.2, 0.25) is 0 Å². The second kappa shape index (κ2) is 4.09. The van der Waals surface area contributed by atoms with Gasteiger partial charge >= 0.3 is 0 Å². The second-order valence-electron chi connectivity index (χ2n) is 2.62. The number of hydrogen-bond donors (Lipinski definition) is 3. The molecule has 66 valence electrons. The van der Waals surface area contributed by atoms with Crippen molar-refractivity contribution in [2.45, 2.75) is 6.04 Å². The molecule has 1 aromatic rings. The minimum Gasteiger partial charge on any atom is -0.508 e. The van der Waals surface area contributed by atoms with Crippen molar-refractivity contribution in [2.75, 3.05) is 13.7 Å². The Morgan fingerprint density at radius 1 is 1.33 bits per heavy atom. The first-order chi connectivity index (χ1) is 5.77. The van der Waals surface area contributed by atoms with Gasteiger partial charge in [-0.05, 0) is 24.7 Å². The molecule has 0 aliphatic heterocycles. The van der Waals surface area contributed by atoms with Gasteiger partial charge in [-0.3, -0.25) is 0 Å². The summed E-state index contributed by atoms with van der Waals surface area (Å²) in [6.45, 7) is 0.0568. The monoisotopic (exact) mass is 167 g/mol. The SMILES string of the molecule is CN[C@@H](CO)c1ccc(O)cc1. The largest absolute Gasteiger partial charge is 0.508 e. The lowest BCUT2D eigenvalue weighted by Crippen LogP contribution is -2.19. The standard InChI is InChI=1S/C9H13NO2/c1-10-9(6-11)7-2-4-8(12)5-3-7/h2-5,9-12H,6H2,1H3/t9-/m0/s1. The number of phenols is 1. The van der Waals surface area contributed by atoms with Gasteiger partial charge in [-0.15, -0.1) is 0 Å². The fourth-order valence-corrected chi connectivity index (χ4v) is 1.07. The Balaban J connectivity index is 2.80. The number of likely N-dealkylation sites (N-methyl/N-ethyl adjacent to an activating group) is 1. The highest BCUT2D eigenvalue weighted by Crippen LogP contribution is 2.15. The minimum atomic E-state index is -0.0504. The Bertz CT molecular complexity index is 229. The molecule has 1 aromatic carbocycles. The maximum absolute atomic E-state index is 9.00. The van der Waals surface area contributed by atoms with Crippen molar-refractivity contribution in [2.24, 2.45) is 0 Å². The predicted octanol–water partition coefficient (Wildman–Crippen LogP) is 0.645. The summed E-state index contributed by atoms with van der Waals surface area (Å²) in [6, 6.07) is 6.73. The predicted molar refractivity (Wildman–Crippen MR) is 47.0 cm³/mol. The Hall–Kier alpha value is -1.06. The third-order valence-corrected chi connectivity index (χ3v) is 1.83. The van der Waals surface area contributed by atoms with Gasteiger partial charge in [0.25, 0.3) is 0 Å². The maximum atomic E-state index is 9.00. The summed E-state index contributed by atoms with van der Waals surface area (Å²) in [4.78, 5) is 0. The zero-order valence-corrected chi connectivity index (χ0v) is 6.99. The maximum Gasteiger partial charge on any atom is 0.115 e. The third kappa shape index (κ3) is 1.96. The molecule has 3 N–H and O–H groups in total. The van der Waals surface area contributed by atoms with Crippen molar-refractivity contribution in [3.05, 3.63) is 29.8 Å². The molecule has 1 rings (SSSR count). The van der Waals surface area contributed by atoms with E-state index in [1.54, 1.807) is 31.3 Å². The lowest BCUT2D eigenvalue weighted by atomic mass is 10.1. The van der Waals surface area contributed by atoms with E-state index in [-0.39, 0.29) is 18.4 Å². The molecular weight excluding hydrogens is 154 g/mol. The number of aromatic hydroxyl groups is 1. The smallest absolute Gasteiger partial charge is 0.115 e. The van der Waals surface area contributed by atoms with Crippen LogP contribution in [-0.2, 0) is 0 Å². The van der Waals surface area contributed by atoms with Crippen LogP contribution in [0.5, 0.6) is 5.75 Å². The molecule has 0 fully saturated rings. The lowest BCUT2D eigenvalue weighted by molar-refractivity contribution is 0.251. The summed E-state index contributed by atoms with van der Waals surface area (Å²) in [7, 11) is 1.79. The van der Waals surface area contributed by atoms with Crippen LogP contribution in [0.25, 0.3) is 0 Å². The molecule has 12 heavy (non-hydrogen) atoms. The molecule has 0 saturated carbocycles. The van der Waals surface area contributed by atoms with Crippen molar-refractivity contribution in [1.82, 2.24) is 5.32 Å². The highest BCUT2D eigenvalue weighted by Gasteiger charge is 2.05. The van der Waals surface area contributed by atoms with Crippen LogP contribution < -0.4 is 5.32 Å². The number of hydrogen-bond acceptors (Lipinski definition) is 3. The van der Waals surface area contributed by atoms with E-state index in [4.69, 9.17) is 10.2 Å². The van der Waals surface area contributed by atoms with Gasteiger partial charge in [0, 0.05) is 0 Å². The van der Waals surface area contributed by atoms with Gasteiger partial charge in [0.05, 0.1) is 12.6 Å². The van der Waals surface area contributed by atoms with E-state index in [0.717, 1.165) is 5.56 Å². The Labute approximate surface area is 71.7 Å². The van der Waals surface area contributed by atoms with E-state index in [1.807, 2.05) is 0 Å². The molecule has 0 unspecified atom stereocenters. The van der Waals surface area contributed by atoms with Crippen molar-refractivity contribution in [3.8, 4) is 5.75 Å². The summed E-state index contributed by atoms with van der Waals surface area (Å²) < 4.78 is 0. The van der Waals surface area contributed by atoms with Crippen LogP contribution in [-0.4, -0.2) is 23.9 Å². The first kappa shape index (κ1) is 9.03. The fraction of sp³-hybridized carbons (Fsp3) is 0.333. The van der Waals surface area contributed by atoms with Crippen molar-refractivity contribution in [3.63, 3.8) is 0 Å². The molecular formula is C9H13NO2. The molecule has 0 aliphatic rings. The zero-order valence-electron chi connectivity index (χ0n) is 6.99. The fourth-order valence-electron chi connectivity index (χ4n) is 1.07. The van der Waals surface area contributed by atoms with Crippen LogP contribution in [0.15, 0.2) is 24.3 Å². The van der Waals surface area contributed by atoms with Crippen LogP contribution >= 0.6 is 0 Å². The van der Waals surface area contributed by atoms with Gasteiger partial charge in [-0.25, -0.2) is 0 Å². The normalized spacial score (nSPS) is 12.8. The van der Waals surface area contributed by atoms with Gasteiger partial charge in [0.1, 0.15) is 5.75 Å². The van der Waals surface area contributed by atoms with Gasteiger partial charge in [-0.1, -0.05) is 12.1 Å². The molecule has 0 spiro atoms. The van der Waals surface area contributed by atoms with Crippen LogP contribution in [0.1, 0.15) is 11.6 Å². The van der Waals surface area contributed by atoms with E-state index in [2.05, 4.69) is 5.32 Å². The average molecular weight is 167 g/mol. The molecule has 0 amide bonds. The summed E-state index contributed by atoms with van der Waals surface area (Å²) in [5.74, 6) is 0.242. The topological polar surface area (TPSA) is 52.5 Å². The van der Waals surface area contributed by atoms with Gasteiger partial charge in [-0.2, -0.15) is 0 Å². The van der Waals surface area contributed by atoms with E-state index >= 15 is 0 Å². The molecule has 0 heterocycles. The molecule has 1 atom stereocenters. The first-order valence-electron chi connectivity index (χ1n) is 3.85. The summed E-state index contributed by atoms with van der Waals surface area (Å²) in [5.41, 5.74) is 0.970. The lowest BCUT2D eigenvalue weighted by Gasteiger charge is -2.12. The quantitative estimate of drug-likeness (QED) is 0.619. The number of benzene rings is 1. The molecule has 0 aliphatic carbocycles. The average Bonchev–Trinajstić information content (AvgIpc) is 2.10. The summed E-state index contributed by atoms with van der Waals surface area (Å²) in [5, 5.41) is 20.9. The van der Waals surface area contributed by atoms with Gasteiger partial charge in [0.15, 0.2) is 0 Å². The van der Waals surface area contributed by atoms with Crippen molar-refractivity contribution < 1.29 is 10.2 Å². The number of aliphatic hydroxyl groups is 1. The highest BCUT2D eigenvalue weighted by molar-refractivity contribution is 5.27. The zero-order chi connectivity index (χ0) is 8.97. The van der Waals surface area contributed by atoms with Crippen molar-refractivity contribution in [1.29, 1.82) is 0 Å². The van der Waals surface area contributed by atoms with E-state index < -0.39 is 0 Å². The molecule has 0 aromatic heterocycles. The molecule has 0 radical (unpaired) electrons. The first-order valence-corrected chi connectivity index (χ1v) is 3.85. The molecule has 3 heteroatoms. The number of phenolic OH excluding ortho intramolecular Hbond substituents is 1. The van der Waals surface area contributed by atoms with Crippen LogP contribution in [0.4, 0.5) is 0 Å². The van der Waals surface area contributed by atoms with Gasteiger partial charge in [0.2, 0.25) is 0 Å². The van der Waals surface area contributed by atoms with Gasteiger partial charge < -0.3 is 15.5 Å². The Morgan fingerprint density at radius 2 is 1.92 bits per heavy atom. The van der Waals surface area contributed by atoms with Crippen LogP contribution in [0.3, 0.4) is 0 Å². The van der Waals surface area contributed by atoms with Crippen molar-refractivity contribution >= 4 is 0 Å². The number of rotatable bonds is 3. The van der Waals surface area contributed by atoms with E-state index in [1.165, 1.54) is 0 Å². The minimum absolute atomic E-state index is 0.0504. The molecule has 0 bridgehead atoms. The van der Waals surface area contributed by atoms with E-state index in [0.29, 0.717) is 0 Å². The summed E-state index contributed by atoms with van der Waals surface area (Å²) in [6.07, 6.45) is 0. The van der Waals surface area contributed by atoms with E-state index in [9.17, 15) is 0 Å². The highest BCUT2D eigenvalue weighted by atomic mass is 16.3. The molecule has 3 nitrogen and oxygen atoms in total.